The highest BCUT2D eigenvalue weighted by atomic mass is 16.5. The average Bonchev–Trinajstić information content (AvgIpc) is 2.86. The Labute approximate surface area is 124 Å². The molecular formula is C17H32N2O. The minimum Gasteiger partial charge on any atom is -0.377 e. The first kappa shape index (κ1) is 14.8. The van der Waals surface area contributed by atoms with E-state index in [0.717, 1.165) is 19.1 Å². The van der Waals surface area contributed by atoms with E-state index in [1.165, 1.54) is 38.5 Å². The van der Waals surface area contributed by atoms with Gasteiger partial charge in [0.25, 0.3) is 0 Å². The van der Waals surface area contributed by atoms with Gasteiger partial charge in [0.15, 0.2) is 0 Å². The van der Waals surface area contributed by atoms with Crippen LogP contribution in [0.2, 0.25) is 0 Å². The molecule has 0 amide bonds. The van der Waals surface area contributed by atoms with E-state index in [-0.39, 0.29) is 0 Å². The number of hydrogen-bond donors (Lipinski definition) is 1. The van der Waals surface area contributed by atoms with Crippen molar-refractivity contribution in [2.75, 3.05) is 27.2 Å². The van der Waals surface area contributed by atoms with Crippen molar-refractivity contribution in [3.8, 4) is 0 Å². The van der Waals surface area contributed by atoms with Crippen LogP contribution in [0.5, 0.6) is 0 Å². The Balaban J connectivity index is 1.63. The van der Waals surface area contributed by atoms with Gasteiger partial charge >= 0.3 is 0 Å². The molecule has 1 heterocycles. The predicted molar refractivity (Wildman–Crippen MR) is 82.9 cm³/mol. The van der Waals surface area contributed by atoms with Gasteiger partial charge in [-0.25, -0.2) is 0 Å². The number of hydrogen-bond acceptors (Lipinski definition) is 3. The molecule has 0 aromatic heterocycles. The monoisotopic (exact) mass is 280 g/mol. The van der Waals surface area contributed by atoms with Crippen molar-refractivity contribution < 1.29 is 4.74 Å². The van der Waals surface area contributed by atoms with Crippen molar-refractivity contribution in [3.05, 3.63) is 0 Å². The van der Waals surface area contributed by atoms with Gasteiger partial charge in [0, 0.05) is 36.1 Å². The molecule has 3 unspecified atom stereocenters. The van der Waals surface area contributed by atoms with E-state index < -0.39 is 0 Å². The first-order chi connectivity index (χ1) is 9.47. The van der Waals surface area contributed by atoms with E-state index >= 15 is 0 Å². The molecule has 1 saturated heterocycles. The maximum atomic E-state index is 5.91. The van der Waals surface area contributed by atoms with Gasteiger partial charge in [0.05, 0.1) is 6.10 Å². The second kappa shape index (κ2) is 5.26. The lowest BCUT2D eigenvalue weighted by Gasteiger charge is -2.56. The molecule has 1 aliphatic heterocycles. The molecule has 3 atom stereocenters. The van der Waals surface area contributed by atoms with Crippen LogP contribution in [0, 0.1) is 11.3 Å². The SMILES string of the molecule is CN(C)C1(CNC2C3CCOC3C2(C)C)CCCCC1. The van der Waals surface area contributed by atoms with Crippen LogP contribution in [0.3, 0.4) is 0 Å². The predicted octanol–water partition coefficient (Wildman–Crippen LogP) is 2.65. The number of ether oxygens (including phenoxy) is 1. The van der Waals surface area contributed by atoms with E-state index in [9.17, 15) is 0 Å². The molecule has 20 heavy (non-hydrogen) atoms. The van der Waals surface area contributed by atoms with E-state index in [1.807, 2.05) is 0 Å². The summed E-state index contributed by atoms with van der Waals surface area (Å²) < 4.78 is 5.91. The van der Waals surface area contributed by atoms with Crippen LogP contribution < -0.4 is 5.32 Å². The van der Waals surface area contributed by atoms with Gasteiger partial charge in [0.2, 0.25) is 0 Å². The van der Waals surface area contributed by atoms with Crippen LogP contribution >= 0.6 is 0 Å². The highest BCUT2D eigenvalue weighted by Gasteiger charge is 2.59. The van der Waals surface area contributed by atoms with Crippen molar-refractivity contribution in [2.24, 2.45) is 11.3 Å². The van der Waals surface area contributed by atoms with Crippen LogP contribution in [0.1, 0.15) is 52.4 Å². The highest BCUT2D eigenvalue weighted by Crippen LogP contribution is 2.52. The standard InChI is InChI=1S/C17H32N2O/c1-16(2)14(13-8-11-20-15(13)16)18-12-17(19(3)4)9-6-5-7-10-17/h13-15,18H,5-12H2,1-4H3. The zero-order chi connectivity index (χ0) is 14.4. The summed E-state index contributed by atoms with van der Waals surface area (Å²) in [5, 5.41) is 3.95. The van der Waals surface area contributed by atoms with Crippen molar-refractivity contribution in [2.45, 2.75) is 70.1 Å². The molecule has 2 aliphatic carbocycles. The Morgan fingerprint density at radius 1 is 1.15 bits per heavy atom. The fourth-order valence-corrected chi connectivity index (χ4v) is 5.03. The first-order valence-electron chi connectivity index (χ1n) is 8.50. The third kappa shape index (κ3) is 2.22. The van der Waals surface area contributed by atoms with Crippen molar-refractivity contribution in [1.82, 2.24) is 10.2 Å². The topological polar surface area (TPSA) is 24.5 Å². The summed E-state index contributed by atoms with van der Waals surface area (Å²) >= 11 is 0. The van der Waals surface area contributed by atoms with Gasteiger partial charge in [-0.15, -0.1) is 0 Å². The van der Waals surface area contributed by atoms with Gasteiger partial charge < -0.3 is 15.0 Å². The molecule has 1 N–H and O–H groups in total. The van der Waals surface area contributed by atoms with E-state index in [1.54, 1.807) is 0 Å². The zero-order valence-corrected chi connectivity index (χ0v) is 13.7. The molecule has 0 radical (unpaired) electrons. The van der Waals surface area contributed by atoms with Crippen LogP contribution in [0.4, 0.5) is 0 Å². The van der Waals surface area contributed by atoms with Gasteiger partial charge in [-0.1, -0.05) is 33.1 Å². The molecule has 3 nitrogen and oxygen atoms in total. The molecule has 0 aromatic rings. The largest absolute Gasteiger partial charge is 0.377 e. The number of fused-ring (bicyclic) bond motifs is 1. The molecular weight excluding hydrogens is 248 g/mol. The third-order valence-corrected chi connectivity index (χ3v) is 6.48. The van der Waals surface area contributed by atoms with Gasteiger partial charge in [-0.05, 0) is 33.4 Å². The molecule has 3 aliphatic rings. The Morgan fingerprint density at radius 3 is 2.50 bits per heavy atom. The summed E-state index contributed by atoms with van der Waals surface area (Å²) in [5.41, 5.74) is 0.697. The first-order valence-corrected chi connectivity index (χ1v) is 8.50. The zero-order valence-electron chi connectivity index (χ0n) is 13.7. The smallest absolute Gasteiger partial charge is 0.0685 e. The minimum atomic E-state index is 0.309. The van der Waals surface area contributed by atoms with Crippen LogP contribution in [-0.4, -0.2) is 49.8 Å². The van der Waals surface area contributed by atoms with Crippen LogP contribution in [0.25, 0.3) is 0 Å². The number of likely N-dealkylation sites (N-methyl/N-ethyl adjacent to an activating group) is 1. The lowest BCUT2D eigenvalue weighted by atomic mass is 9.57. The number of nitrogens with zero attached hydrogens (tertiary/aromatic N) is 1. The fourth-order valence-electron chi connectivity index (χ4n) is 5.03. The summed E-state index contributed by atoms with van der Waals surface area (Å²) in [6, 6.07) is 0.647. The summed E-state index contributed by atoms with van der Waals surface area (Å²) in [4.78, 5) is 2.48. The second-order valence-corrected chi connectivity index (χ2v) is 8.10. The average molecular weight is 280 g/mol. The molecule has 3 rings (SSSR count). The molecule has 0 aromatic carbocycles. The fraction of sp³-hybridized carbons (Fsp3) is 1.00. The van der Waals surface area contributed by atoms with E-state index in [0.29, 0.717) is 23.1 Å². The minimum absolute atomic E-state index is 0.309. The molecule has 0 bridgehead atoms. The van der Waals surface area contributed by atoms with Crippen molar-refractivity contribution in [3.63, 3.8) is 0 Å². The molecule has 3 heteroatoms. The van der Waals surface area contributed by atoms with Gasteiger partial charge in [0.1, 0.15) is 0 Å². The van der Waals surface area contributed by atoms with Gasteiger partial charge in [-0.3, -0.25) is 0 Å². The van der Waals surface area contributed by atoms with Crippen molar-refractivity contribution in [1.29, 1.82) is 0 Å². The summed E-state index contributed by atoms with van der Waals surface area (Å²) in [7, 11) is 4.53. The Hall–Kier alpha value is -0.120. The summed E-state index contributed by atoms with van der Waals surface area (Å²) in [5.74, 6) is 0.757. The van der Waals surface area contributed by atoms with E-state index in [4.69, 9.17) is 4.74 Å². The van der Waals surface area contributed by atoms with E-state index in [2.05, 4.69) is 38.2 Å². The summed E-state index contributed by atoms with van der Waals surface area (Å²) in [6.45, 7) is 6.87. The molecule has 116 valence electrons. The Morgan fingerprint density at radius 2 is 1.85 bits per heavy atom. The maximum Gasteiger partial charge on any atom is 0.0685 e. The van der Waals surface area contributed by atoms with Crippen molar-refractivity contribution >= 4 is 0 Å². The third-order valence-electron chi connectivity index (χ3n) is 6.48. The lowest BCUT2D eigenvalue weighted by Crippen LogP contribution is -2.68. The summed E-state index contributed by atoms with van der Waals surface area (Å²) in [6.07, 6.45) is 8.66. The quantitative estimate of drug-likeness (QED) is 0.857. The molecule has 2 saturated carbocycles. The van der Waals surface area contributed by atoms with Crippen LogP contribution in [-0.2, 0) is 4.74 Å². The van der Waals surface area contributed by atoms with Gasteiger partial charge in [-0.2, -0.15) is 0 Å². The second-order valence-electron chi connectivity index (χ2n) is 8.10. The lowest BCUT2D eigenvalue weighted by molar-refractivity contribution is -0.115. The normalized spacial score (nSPS) is 38.5. The molecule has 3 fully saturated rings. The maximum absolute atomic E-state index is 5.91. The molecule has 0 spiro atoms. The number of nitrogens with one attached hydrogen (secondary N) is 1. The Kier molecular flexibility index (Phi) is 3.89. The number of rotatable bonds is 4. The van der Waals surface area contributed by atoms with Crippen LogP contribution in [0.15, 0.2) is 0 Å². The Bertz CT molecular complexity index is 347. The highest BCUT2D eigenvalue weighted by molar-refractivity contribution is 5.12.